The molecule has 0 aliphatic heterocycles. The highest BCUT2D eigenvalue weighted by atomic mass is 19.2. The van der Waals surface area contributed by atoms with E-state index < -0.39 is 17.5 Å². The quantitative estimate of drug-likeness (QED) is 0.643. The number of benzene rings is 2. The first kappa shape index (κ1) is 14.4. The summed E-state index contributed by atoms with van der Waals surface area (Å²) in [5.74, 6) is -2.39. The summed E-state index contributed by atoms with van der Waals surface area (Å²) in [6.45, 7) is 2.06. The predicted octanol–water partition coefficient (Wildman–Crippen LogP) is 5.54. The molecule has 0 amide bonds. The van der Waals surface area contributed by atoms with Crippen LogP contribution < -0.4 is 0 Å². The second kappa shape index (κ2) is 6.42. The van der Waals surface area contributed by atoms with Crippen molar-refractivity contribution in [3.8, 4) is 0 Å². The molecule has 0 aromatic heterocycles. The lowest BCUT2D eigenvalue weighted by atomic mass is 10.1. The van der Waals surface area contributed by atoms with E-state index in [-0.39, 0.29) is 11.1 Å². The maximum absolute atomic E-state index is 14.0. The van der Waals surface area contributed by atoms with Gasteiger partial charge in [0.25, 0.3) is 0 Å². The average molecular weight is 276 g/mol. The van der Waals surface area contributed by atoms with E-state index in [9.17, 15) is 13.2 Å². The molecule has 0 saturated heterocycles. The molecule has 0 spiro atoms. The van der Waals surface area contributed by atoms with Crippen LogP contribution in [0.4, 0.5) is 13.2 Å². The first-order chi connectivity index (χ1) is 9.61. The Balaban J connectivity index is 2.30. The van der Waals surface area contributed by atoms with Crippen molar-refractivity contribution in [1.29, 1.82) is 0 Å². The fraction of sp³-hybridized carbons (Fsp3) is 0.176. The Morgan fingerprint density at radius 2 is 1.25 bits per heavy atom. The molecule has 0 fully saturated rings. The van der Waals surface area contributed by atoms with Crippen LogP contribution in [-0.4, -0.2) is 0 Å². The van der Waals surface area contributed by atoms with Gasteiger partial charge in [-0.05, 0) is 36.2 Å². The molecule has 0 N–H and O–H groups in total. The van der Waals surface area contributed by atoms with Gasteiger partial charge in [0.05, 0.1) is 0 Å². The minimum Gasteiger partial charge on any atom is -0.207 e. The summed E-state index contributed by atoms with van der Waals surface area (Å²) in [6, 6.07) is 11.3. The number of rotatable bonds is 4. The topological polar surface area (TPSA) is 0 Å². The molecule has 0 atom stereocenters. The second-order valence-electron chi connectivity index (χ2n) is 4.58. The largest absolute Gasteiger partial charge is 0.207 e. The maximum Gasteiger partial charge on any atom is 0.166 e. The van der Waals surface area contributed by atoms with Crippen LogP contribution in [0.25, 0.3) is 11.7 Å². The van der Waals surface area contributed by atoms with E-state index in [0.717, 1.165) is 30.5 Å². The lowest BCUT2D eigenvalue weighted by Crippen LogP contribution is -1.87. The molecule has 0 radical (unpaired) electrons. The van der Waals surface area contributed by atoms with Gasteiger partial charge in [0.2, 0.25) is 0 Å². The van der Waals surface area contributed by atoms with Gasteiger partial charge in [0.15, 0.2) is 11.7 Å². The molecule has 3 heteroatoms. The van der Waals surface area contributed by atoms with E-state index in [2.05, 4.69) is 6.92 Å². The van der Waals surface area contributed by atoms with Gasteiger partial charge in [-0.15, -0.1) is 0 Å². The highest BCUT2D eigenvalue weighted by Gasteiger charge is 2.11. The molecule has 20 heavy (non-hydrogen) atoms. The molecule has 0 bridgehead atoms. The molecule has 0 heterocycles. The molecule has 0 unspecified atom stereocenters. The highest BCUT2D eigenvalue weighted by Crippen LogP contribution is 2.29. The van der Waals surface area contributed by atoms with Crippen LogP contribution in [-0.2, 0) is 6.42 Å². The van der Waals surface area contributed by atoms with Gasteiger partial charge in [0.1, 0.15) is 5.82 Å². The van der Waals surface area contributed by atoms with E-state index in [1.807, 2.05) is 0 Å². The molecule has 0 aliphatic carbocycles. The van der Waals surface area contributed by atoms with E-state index >= 15 is 0 Å². The van der Waals surface area contributed by atoms with Crippen LogP contribution in [0.1, 0.15) is 30.0 Å². The Morgan fingerprint density at radius 1 is 0.800 bits per heavy atom. The summed E-state index contributed by atoms with van der Waals surface area (Å²) in [4.78, 5) is 0. The summed E-state index contributed by atoms with van der Waals surface area (Å²) >= 11 is 0. The zero-order valence-electron chi connectivity index (χ0n) is 11.2. The Labute approximate surface area is 116 Å². The first-order valence-electron chi connectivity index (χ1n) is 6.52. The normalized spacial score (nSPS) is 12.2. The zero-order valence-corrected chi connectivity index (χ0v) is 11.2. The molecule has 2 aromatic carbocycles. The summed E-state index contributed by atoms with van der Waals surface area (Å²) < 4.78 is 40.8. The monoisotopic (exact) mass is 276 g/mol. The van der Waals surface area contributed by atoms with Crippen LogP contribution in [0.2, 0.25) is 0 Å². The van der Waals surface area contributed by atoms with Gasteiger partial charge in [-0.2, -0.15) is 0 Å². The molecular weight excluding hydrogens is 261 g/mol. The van der Waals surface area contributed by atoms with Crippen molar-refractivity contribution in [1.82, 2.24) is 0 Å². The SMILES string of the molecule is CCCc1ccc(C(F)=C(F)c2ccc(F)cc2)cc1. The minimum absolute atomic E-state index is 0.0292. The molecule has 0 aliphatic rings. The summed E-state index contributed by atoms with van der Waals surface area (Å²) in [5, 5.41) is 0. The van der Waals surface area contributed by atoms with Gasteiger partial charge in [0, 0.05) is 11.1 Å². The molecule has 0 saturated carbocycles. The summed E-state index contributed by atoms with van der Waals surface area (Å²) in [5.41, 5.74) is 1.31. The second-order valence-corrected chi connectivity index (χ2v) is 4.58. The molecule has 0 nitrogen and oxygen atoms in total. The molecule has 2 rings (SSSR count). The first-order valence-corrected chi connectivity index (χ1v) is 6.52. The Bertz CT molecular complexity index is 595. The van der Waals surface area contributed by atoms with Crippen LogP contribution in [0.5, 0.6) is 0 Å². The van der Waals surface area contributed by atoms with Gasteiger partial charge in [-0.3, -0.25) is 0 Å². The van der Waals surface area contributed by atoms with Crippen molar-refractivity contribution >= 4 is 11.7 Å². The fourth-order valence-electron chi connectivity index (χ4n) is 1.96. The van der Waals surface area contributed by atoms with E-state index in [4.69, 9.17) is 0 Å². The number of hydrogen-bond donors (Lipinski definition) is 0. The average Bonchev–Trinajstić information content (AvgIpc) is 2.48. The molecule has 104 valence electrons. The van der Waals surface area contributed by atoms with Crippen LogP contribution in [0, 0.1) is 5.82 Å². The third-order valence-corrected chi connectivity index (χ3v) is 3.04. The fourth-order valence-corrected chi connectivity index (χ4v) is 1.96. The van der Waals surface area contributed by atoms with Crippen LogP contribution in [0.15, 0.2) is 48.5 Å². The lowest BCUT2D eigenvalue weighted by Gasteiger charge is -2.04. The van der Waals surface area contributed by atoms with Crippen LogP contribution >= 0.6 is 0 Å². The Kier molecular flexibility index (Phi) is 4.61. The van der Waals surface area contributed by atoms with E-state index in [1.165, 1.54) is 12.1 Å². The predicted molar refractivity (Wildman–Crippen MR) is 75.9 cm³/mol. The van der Waals surface area contributed by atoms with E-state index in [1.54, 1.807) is 24.3 Å². The summed E-state index contributed by atoms with van der Waals surface area (Å²) in [6.07, 6.45) is 1.91. The van der Waals surface area contributed by atoms with Crippen molar-refractivity contribution in [3.05, 3.63) is 71.0 Å². The summed E-state index contributed by atoms with van der Waals surface area (Å²) in [7, 11) is 0. The van der Waals surface area contributed by atoms with Gasteiger partial charge in [-0.1, -0.05) is 37.6 Å². The van der Waals surface area contributed by atoms with Gasteiger partial charge in [-0.25, -0.2) is 13.2 Å². The standard InChI is InChI=1S/C17H15F3/c1-2-3-12-4-6-13(7-5-12)16(19)17(20)14-8-10-15(18)11-9-14/h4-11H,2-3H2,1H3. The number of halogens is 3. The minimum atomic E-state index is -0.978. The van der Waals surface area contributed by atoms with Gasteiger partial charge < -0.3 is 0 Å². The highest BCUT2D eigenvalue weighted by molar-refractivity contribution is 5.83. The lowest BCUT2D eigenvalue weighted by molar-refractivity contribution is 0.627. The van der Waals surface area contributed by atoms with Gasteiger partial charge >= 0.3 is 0 Å². The van der Waals surface area contributed by atoms with Crippen molar-refractivity contribution in [3.63, 3.8) is 0 Å². The Hall–Kier alpha value is -2.03. The third-order valence-electron chi connectivity index (χ3n) is 3.04. The molecular formula is C17H15F3. The van der Waals surface area contributed by atoms with Crippen molar-refractivity contribution in [2.75, 3.05) is 0 Å². The number of hydrogen-bond acceptors (Lipinski definition) is 0. The maximum atomic E-state index is 14.0. The van der Waals surface area contributed by atoms with Crippen molar-refractivity contribution in [2.24, 2.45) is 0 Å². The van der Waals surface area contributed by atoms with E-state index in [0.29, 0.717) is 0 Å². The molecule has 2 aromatic rings. The zero-order chi connectivity index (χ0) is 14.5. The number of aryl methyl sites for hydroxylation is 1. The van der Waals surface area contributed by atoms with Crippen molar-refractivity contribution < 1.29 is 13.2 Å². The van der Waals surface area contributed by atoms with Crippen molar-refractivity contribution in [2.45, 2.75) is 19.8 Å². The smallest absolute Gasteiger partial charge is 0.166 e. The Morgan fingerprint density at radius 3 is 1.70 bits per heavy atom. The third kappa shape index (κ3) is 3.29. The van der Waals surface area contributed by atoms with Crippen LogP contribution in [0.3, 0.4) is 0 Å².